The van der Waals surface area contributed by atoms with Gasteiger partial charge in [-0.05, 0) is 20.3 Å². The second-order valence-corrected chi connectivity index (χ2v) is 4.96. The van der Waals surface area contributed by atoms with Gasteiger partial charge in [0, 0.05) is 5.38 Å². The highest BCUT2D eigenvalue weighted by molar-refractivity contribution is 7.09. The second kappa shape index (κ2) is 4.85. The van der Waals surface area contributed by atoms with Gasteiger partial charge in [0.1, 0.15) is 11.4 Å². The number of nitro groups is 1. The van der Waals surface area contributed by atoms with Crippen molar-refractivity contribution in [2.75, 3.05) is 0 Å². The molecule has 0 unspecified atom stereocenters. The normalized spacial score (nSPS) is 10.8. The zero-order chi connectivity index (χ0) is 13.3. The minimum Gasteiger partial charge on any atom is -0.258 e. The van der Waals surface area contributed by atoms with E-state index in [1.807, 2.05) is 5.38 Å². The Kier molecular flexibility index (Phi) is 3.42. The molecule has 0 saturated carbocycles. The highest BCUT2D eigenvalue weighted by Crippen LogP contribution is 2.22. The van der Waals surface area contributed by atoms with Gasteiger partial charge in [-0.3, -0.25) is 14.8 Å². The van der Waals surface area contributed by atoms with Gasteiger partial charge in [-0.15, -0.1) is 11.3 Å². The van der Waals surface area contributed by atoms with E-state index in [1.165, 1.54) is 0 Å². The molecule has 2 aromatic rings. The lowest BCUT2D eigenvalue weighted by atomic mass is 10.3. The lowest BCUT2D eigenvalue weighted by Gasteiger charge is -2.00. The Morgan fingerprint density at radius 3 is 2.72 bits per heavy atom. The van der Waals surface area contributed by atoms with E-state index in [0.717, 1.165) is 17.1 Å². The van der Waals surface area contributed by atoms with Crippen LogP contribution in [0.5, 0.6) is 0 Å². The van der Waals surface area contributed by atoms with Gasteiger partial charge in [-0.25, -0.2) is 4.98 Å². The van der Waals surface area contributed by atoms with Crippen molar-refractivity contribution in [2.45, 2.75) is 33.7 Å². The van der Waals surface area contributed by atoms with Crippen LogP contribution in [0.25, 0.3) is 0 Å². The molecule has 18 heavy (non-hydrogen) atoms. The van der Waals surface area contributed by atoms with E-state index in [2.05, 4.69) is 17.0 Å². The lowest BCUT2D eigenvalue weighted by molar-refractivity contribution is -0.386. The van der Waals surface area contributed by atoms with Crippen LogP contribution in [0.4, 0.5) is 5.69 Å². The molecule has 2 aromatic heterocycles. The summed E-state index contributed by atoms with van der Waals surface area (Å²) in [5.41, 5.74) is 2.02. The van der Waals surface area contributed by atoms with Gasteiger partial charge in [0.15, 0.2) is 0 Å². The zero-order valence-corrected chi connectivity index (χ0v) is 11.3. The Morgan fingerprint density at radius 1 is 1.50 bits per heavy atom. The highest BCUT2D eigenvalue weighted by atomic mass is 32.1. The maximum absolute atomic E-state index is 10.9. The molecule has 0 aliphatic heterocycles. The number of rotatable bonds is 4. The van der Waals surface area contributed by atoms with E-state index in [9.17, 15) is 10.1 Å². The van der Waals surface area contributed by atoms with Gasteiger partial charge in [-0.1, -0.05) is 6.92 Å². The van der Waals surface area contributed by atoms with Crippen molar-refractivity contribution in [3.05, 3.63) is 37.6 Å². The van der Waals surface area contributed by atoms with Crippen molar-refractivity contribution in [3.63, 3.8) is 0 Å². The minimum atomic E-state index is -0.382. The average Bonchev–Trinajstić information content (AvgIpc) is 2.85. The average molecular weight is 266 g/mol. The van der Waals surface area contributed by atoms with Gasteiger partial charge in [0.05, 0.1) is 22.2 Å². The van der Waals surface area contributed by atoms with Crippen LogP contribution in [-0.4, -0.2) is 19.7 Å². The fraction of sp³-hybridized carbons (Fsp3) is 0.455. The van der Waals surface area contributed by atoms with Crippen molar-refractivity contribution >= 4 is 17.0 Å². The number of thiazole rings is 1. The number of hydrogen-bond acceptors (Lipinski definition) is 5. The zero-order valence-electron chi connectivity index (χ0n) is 10.5. The molecule has 0 N–H and O–H groups in total. The molecule has 0 bridgehead atoms. The van der Waals surface area contributed by atoms with E-state index >= 15 is 0 Å². The quantitative estimate of drug-likeness (QED) is 0.629. The molecule has 2 heterocycles. The minimum absolute atomic E-state index is 0.0981. The molecule has 0 spiro atoms. The molecule has 0 saturated heterocycles. The monoisotopic (exact) mass is 266 g/mol. The fourth-order valence-corrected chi connectivity index (χ4v) is 2.58. The van der Waals surface area contributed by atoms with Crippen LogP contribution in [-0.2, 0) is 13.0 Å². The molecule has 96 valence electrons. The predicted molar refractivity (Wildman–Crippen MR) is 68.9 cm³/mol. The number of hydrogen-bond donors (Lipinski definition) is 0. The molecule has 0 aromatic carbocycles. The van der Waals surface area contributed by atoms with Crippen LogP contribution >= 0.6 is 11.3 Å². The predicted octanol–water partition coefficient (Wildman–Crippen LogP) is 2.48. The molecule has 0 atom stereocenters. The van der Waals surface area contributed by atoms with E-state index < -0.39 is 0 Å². The van der Waals surface area contributed by atoms with Crippen molar-refractivity contribution in [3.8, 4) is 0 Å². The van der Waals surface area contributed by atoms with Gasteiger partial charge < -0.3 is 0 Å². The first-order valence-corrected chi connectivity index (χ1v) is 6.52. The Hall–Kier alpha value is -1.76. The van der Waals surface area contributed by atoms with Crippen LogP contribution in [0.15, 0.2) is 5.38 Å². The van der Waals surface area contributed by atoms with Crippen molar-refractivity contribution in [1.82, 2.24) is 14.8 Å². The Morgan fingerprint density at radius 2 is 2.22 bits per heavy atom. The largest absolute Gasteiger partial charge is 0.312 e. The van der Waals surface area contributed by atoms with Crippen molar-refractivity contribution in [1.29, 1.82) is 0 Å². The summed E-state index contributed by atoms with van der Waals surface area (Å²) < 4.78 is 1.64. The Bertz CT molecular complexity index is 588. The first kappa shape index (κ1) is 12.7. The molecule has 0 radical (unpaired) electrons. The number of aryl methyl sites for hydroxylation is 2. The molecule has 0 aliphatic carbocycles. The van der Waals surface area contributed by atoms with E-state index in [-0.39, 0.29) is 10.6 Å². The smallest absolute Gasteiger partial charge is 0.258 e. The molecule has 6 nitrogen and oxygen atoms in total. The Labute approximate surface area is 108 Å². The molecule has 0 fully saturated rings. The Balaban J connectivity index is 2.29. The summed E-state index contributed by atoms with van der Waals surface area (Å²) in [6.07, 6.45) is 0.905. The third kappa shape index (κ3) is 2.26. The topological polar surface area (TPSA) is 73.8 Å². The molecule has 7 heteroatoms. The molecular formula is C11H14N4O2S. The summed E-state index contributed by atoms with van der Waals surface area (Å²) in [4.78, 5) is 15.0. The summed E-state index contributed by atoms with van der Waals surface area (Å²) in [5.74, 6) is 0. The maximum atomic E-state index is 10.9. The van der Waals surface area contributed by atoms with E-state index in [1.54, 1.807) is 29.9 Å². The van der Waals surface area contributed by atoms with Crippen LogP contribution < -0.4 is 0 Å². The van der Waals surface area contributed by atoms with Crippen LogP contribution in [0.2, 0.25) is 0 Å². The maximum Gasteiger partial charge on any atom is 0.312 e. The summed E-state index contributed by atoms with van der Waals surface area (Å²) >= 11 is 1.61. The van der Waals surface area contributed by atoms with Gasteiger partial charge in [0.25, 0.3) is 0 Å². The summed E-state index contributed by atoms with van der Waals surface area (Å²) in [6.45, 7) is 5.90. The number of nitrogens with zero attached hydrogens (tertiary/aromatic N) is 4. The van der Waals surface area contributed by atoms with Crippen molar-refractivity contribution in [2.24, 2.45) is 0 Å². The van der Waals surface area contributed by atoms with Gasteiger partial charge >= 0.3 is 5.69 Å². The second-order valence-electron chi connectivity index (χ2n) is 4.02. The van der Waals surface area contributed by atoms with E-state index in [4.69, 9.17) is 0 Å². The SMILES string of the molecule is CCc1nc(Cn2nc(C)c([N+](=O)[O-])c2C)cs1. The van der Waals surface area contributed by atoms with Crippen LogP contribution in [0.1, 0.15) is 29.0 Å². The van der Waals surface area contributed by atoms with Gasteiger partial charge in [0.2, 0.25) is 0 Å². The first-order chi connectivity index (χ1) is 8.52. The summed E-state index contributed by atoms with van der Waals surface area (Å²) in [6, 6.07) is 0. The standard InChI is InChI=1S/C11H14N4O2S/c1-4-10-12-9(6-18-10)5-14-8(3)11(15(16)17)7(2)13-14/h6H,4-5H2,1-3H3. The van der Waals surface area contributed by atoms with Crippen molar-refractivity contribution < 1.29 is 4.92 Å². The first-order valence-electron chi connectivity index (χ1n) is 5.64. The number of aromatic nitrogens is 3. The molecule has 0 aliphatic rings. The molecule has 0 amide bonds. The fourth-order valence-electron chi connectivity index (χ4n) is 1.84. The van der Waals surface area contributed by atoms with E-state index in [0.29, 0.717) is 17.9 Å². The third-order valence-corrected chi connectivity index (χ3v) is 3.78. The summed E-state index contributed by atoms with van der Waals surface area (Å²) in [5, 5.41) is 18.1. The van der Waals surface area contributed by atoms with Gasteiger partial charge in [-0.2, -0.15) is 5.10 Å². The lowest BCUT2D eigenvalue weighted by Crippen LogP contribution is -2.04. The molecule has 2 rings (SSSR count). The van der Waals surface area contributed by atoms with Crippen LogP contribution in [0, 0.1) is 24.0 Å². The highest BCUT2D eigenvalue weighted by Gasteiger charge is 2.21. The molecular weight excluding hydrogens is 252 g/mol. The van der Waals surface area contributed by atoms with Crippen LogP contribution in [0.3, 0.4) is 0 Å². The summed E-state index contributed by atoms with van der Waals surface area (Å²) in [7, 11) is 0. The third-order valence-electron chi connectivity index (χ3n) is 2.74.